The second kappa shape index (κ2) is 20.0. The normalized spacial score (nSPS) is 13.3. The summed E-state index contributed by atoms with van der Waals surface area (Å²) >= 11 is 0. The summed E-state index contributed by atoms with van der Waals surface area (Å²) in [6, 6.07) is 16.8. The van der Waals surface area contributed by atoms with Crippen LogP contribution in [0.3, 0.4) is 0 Å². The zero-order valence-corrected chi connectivity index (χ0v) is 42.2. The maximum atomic E-state index is 12.0. The van der Waals surface area contributed by atoms with E-state index < -0.39 is 31.4 Å². The molecule has 3 aromatic rings. The third-order valence-corrected chi connectivity index (χ3v) is 11.5. The van der Waals surface area contributed by atoms with Gasteiger partial charge in [0.25, 0.3) is 0 Å². The minimum Gasteiger partial charge on any atom is -0.493 e. The molecule has 9 heteroatoms. The molecule has 0 aliphatic heterocycles. The minimum atomic E-state index is -2.17. The Morgan fingerprint density at radius 1 is 0.516 bits per heavy atom. The molecule has 1 unspecified atom stereocenters. The molecule has 0 saturated heterocycles. The highest BCUT2D eigenvalue weighted by atomic mass is 31.2. The number of esters is 2. The van der Waals surface area contributed by atoms with E-state index in [2.05, 4.69) is 174 Å². The lowest BCUT2D eigenvalue weighted by Gasteiger charge is -2.35. The van der Waals surface area contributed by atoms with Gasteiger partial charge in [0, 0.05) is 51.5 Å². The van der Waals surface area contributed by atoms with E-state index in [-0.39, 0.29) is 47.4 Å². The van der Waals surface area contributed by atoms with E-state index >= 15 is 0 Å². The Labute approximate surface area is 376 Å². The maximum Gasteiger partial charge on any atom is 0.530 e. The highest BCUT2D eigenvalue weighted by molar-refractivity contribution is 7.43. The lowest BCUT2D eigenvalue weighted by Crippen LogP contribution is -2.24. The quantitative estimate of drug-likeness (QED) is 0.0799. The molecule has 3 aromatic carbocycles. The second-order valence-corrected chi connectivity index (χ2v) is 23.4. The second-order valence-electron chi connectivity index (χ2n) is 22.4. The Morgan fingerprint density at radius 2 is 0.839 bits per heavy atom. The van der Waals surface area contributed by atoms with E-state index in [1.165, 1.54) is 0 Å². The molecule has 0 fully saturated rings. The molecule has 342 valence electrons. The number of carbonyl (C=O) groups is 2. The molecule has 1 atom stereocenters. The SMILES string of the molecule is C=CC(=O)OCCC(COC(=O)C=C)COc1cc(C(C)(C)C)c(OP(Oc2c(C(C)(C)C)cccc2C(C)(C)C)Oc2c(C(C)(C)C)cccc2C(C)(C)C)c(C(C)(C)C)c1. The third-order valence-electron chi connectivity index (χ3n) is 10.5. The van der Waals surface area contributed by atoms with Crippen LogP contribution in [0.2, 0.25) is 0 Å². The number of ether oxygens (including phenoxy) is 3. The van der Waals surface area contributed by atoms with Gasteiger partial charge in [-0.2, -0.15) is 0 Å². The van der Waals surface area contributed by atoms with Gasteiger partial charge in [-0.15, -0.1) is 0 Å². The van der Waals surface area contributed by atoms with Gasteiger partial charge in [0.1, 0.15) is 23.0 Å². The average molecular weight is 873 g/mol. The third kappa shape index (κ3) is 14.4. The summed E-state index contributed by atoms with van der Waals surface area (Å²) in [5, 5.41) is 0. The summed E-state index contributed by atoms with van der Waals surface area (Å²) in [5.41, 5.74) is 4.22. The Hall–Kier alpha value is -4.29. The smallest absolute Gasteiger partial charge is 0.493 e. The van der Waals surface area contributed by atoms with E-state index in [1.807, 2.05) is 12.1 Å². The molecule has 8 nitrogen and oxygen atoms in total. The molecule has 0 heterocycles. The summed E-state index contributed by atoms with van der Waals surface area (Å²) in [5.74, 6) is 1.49. The topological polar surface area (TPSA) is 89.5 Å². The highest BCUT2D eigenvalue weighted by Crippen LogP contribution is 2.54. The monoisotopic (exact) mass is 873 g/mol. The van der Waals surface area contributed by atoms with Crippen LogP contribution in [0.4, 0.5) is 0 Å². The molecule has 0 aliphatic carbocycles. The van der Waals surface area contributed by atoms with E-state index in [0.717, 1.165) is 57.0 Å². The van der Waals surface area contributed by atoms with Gasteiger partial charge in [-0.3, -0.25) is 0 Å². The molecular formula is C53H77O8P. The number of para-hydroxylation sites is 2. The van der Waals surface area contributed by atoms with Crippen molar-refractivity contribution in [2.75, 3.05) is 19.8 Å². The molecule has 0 N–H and O–H groups in total. The van der Waals surface area contributed by atoms with E-state index in [1.54, 1.807) is 0 Å². The largest absolute Gasteiger partial charge is 0.530 e. The van der Waals surface area contributed by atoms with E-state index in [9.17, 15) is 9.59 Å². The zero-order valence-electron chi connectivity index (χ0n) is 41.3. The summed E-state index contributed by atoms with van der Waals surface area (Å²) in [7, 11) is -2.17. The van der Waals surface area contributed by atoms with Crippen LogP contribution in [-0.2, 0) is 51.6 Å². The first kappa shape index (κ1) is 52.1. The fourth-order valence-corrected chi connectivity index (χ4v) is 8.03. The molecule has 0 radical (unpaired) electrons. The summed E-state index contributed by atoms with van der Waals surface area (Å²) in [6.07, 6.45) is 2.65. The maximum absolute atomic E-state index is 12.0. The van der Waals surface area contributed by atoms with Crippen molar-refractivity contribution in [2.45, 2.75) is 164 Å². The van der Waals surface area contributed by atoms with Gasteiger partial charge in [-0.25, -0.2) is 9.59 Å². The first-order valence-electron chi connectivity index (χ1n) is 21.8. The first-order valence-corrected chi connectivity index (χ1v) is 22.9. The average Bonchev–Trinajstić information content (AvgIpc) is 3.13. The number of hydrogen-bond donors (Lipinski definition) is 0. The summed E-state index contributed by atoms with van der Waals surface area (Å²) in [6.45, 7) is 46.7. The molecule has 0 aromatic heterocycles. The predicted octanol–water partition coefficient (Wildman–Crippen LogP) is 14.1. The molecule has 0 saturated carbocycles. The fourth-order valence-electron chi connectivity index (χ4n) is 6.88. The lowest BCUT2D eigenvalue weighted by atomic mass is 9.79. The van der Waals surface area contributed by atoms with Crippen LogP contribution in [0.15, 0.2) is 73.8 Å². The van der Waals surface area contributed by atoms with Crippen molar-refractivity contribution in [3.8, 4) is 23.0 Å². The Morgan fingerprint density at radius 3 is 1.16 bits per heavy atom. The van der Waals surface area contributed by atoms with Crippen molar-refractivity contribution in [1.29, 1.82) is 0 Å². The molecule has 0 bridgehead atoms. The van der Waals surface area contributed by atoms with Crippen molar-refractivity contribution in [3.63, 3.8) is 0 Å². The van der Waals surface area contributed by atoms with Gasteiger partial charge in [0.15, 0.2) is 0 Å². The number of benzene rings is 3. The zero-order chi connectivity index (χ0) is 47.2. The van der Waals surface area contributed by atoms with Crippen LogP contribution < -0.4 is 18.3 Å². The van der Waals surface area contributed by atoms with Crippen LogP contribution in [0, 0.1) is 5.92 Å². The van der Waals surface area contributed by atoms with Crippen molar-refractivity contribution in [3.05, 3.63) is 107 Å². The van der Waals surface area contributed by atoms with E-state index in [0.29, 0.717) is 17.9 Å². The number of rotatable bonds is 16. The molecule has 0 aliphatic rings. The van der Waals surface area contributed by atoms with Crippen LogP contribution in [0.1, 0.15) is 164 Å². The molecular weight excluding hydrogens is 796 g/mol. The van der Waals surface area contributed by atoms with Gasteiger partial charge >= 0.3 is 20.5 Å². The highest BCUT2D eigenvalue weighted by Gasteiger charge is 2.37. The van der Waals surface area contributed by atoms with Crippen molar-refractivity contribution >= 4 is 20.5 Å². The predicted molar refractivity (Wildman–Crippen MR) is 256 cm³/mol. The van der Waals surface area contributed by atoms with Gasteiger partial charge in [0.2, 0.25) is 0 Å². The van der Waals surface area contributed by atoms with Crippen LogP contribution in [0.25, 0.3) is 0 Å². The van der Waals surface area contributed by atoms with Crippen molar-refractivity contribution in [1.82, 2.24) is 0 Å². The molecule has 62 heavy (non-hydrogen) atoms. The Balaban J connectivity index is 2.35. The minimum absolute atomic E-state index is 0.0636. The van der Waals surface area contributed by atoms with Crippen molar-refractivity contribution in [2.24, 2.45) is 5.92 Å². The van der Waals surface area contributed by atoms with Gasteiger partial charge in [-0.1, -0.05) is 174 Å². The Kier molecular flexibility index (Phi) is 16.8. The summed E-state index contributed by atoms with van der Waals surface area (Å²) < 4.78 is 39.3. The van der Waals surface area contributed by atoms with Gasteiger partial charge in [-0.05, 0) is 51.0 Å². The molecule has 3 rings (SSSR count). The lowest BCUT2D eigenvalue weighted by molar-refractivity contribution is -0.142. The fraction of sp³-hybridized carbons (Fsp3) is 0.547. The Bertz CT molecular complexity index is 1860. The molecule has 0 spiro atoms. The van der Waals surface area contributed by atoms with E-state index in [4.69, 9.17) is 27.8 Å². The van der Waals surface area contributed by atoms with Crippen LogP contribution in [0.5, 0.6) is 23.0 Å². The van der Waals surface area contributed by atoms with Crippen LogP contribution in [-0.4, -0.2) is 31.8 Å². The van der Waals surface area contributed by atoms with Crippen molar-refractivity contribution < 1.29 is 37.4 Å². The first-order chi connectivity index (χ1) is 28.3. The van der Waals surface area contributed by atoms with Gasteiger partial charge < -0.3 is 27.8 Å². The number of carbonyl (C=O) groups excluding carboxylic acids is 2. The van der Waals surface area contributed by atoms with Gasteiger partial charge in [0.05, 0.1) is 19.8 Å². The molecule has 0 amide bonds. The van der Waals surface area contributed by atoms with Crippen LogP contribution >= 0.6 is 8.60 Å². The summed E-state index contributed by atoms with van der Waals surface area (Å²) in [4.78, 5) is 23.8. The number of hydrogen-bond acceptors (Lipinski definition) is 8. The standard InChI is InChI=1S/C53H77O8P/c1-21-43(54)56-30-29-35(34-58-44(55)22-2)33-57-36-31-41(52(15,16)17)47(42(32-36)53(18,19)20)61-62(59-45-37(48(3,4)5)25-23-26-38(45)49(6,7)8)60-46-39(50(9,10)11)27-24-28-40(46)51(12,13)14/h21-28,31-32,35H,1-2,29-30,33-34H2,3-20H3.